The van der Waals surface area contributed by atoms with Crippen molar-refractivity contribution in [1.29, 1.82) is 0 Å². The number of carbonyl (C=O) groups excluding carboxylic acids is 2. The molecule has 1 saturated heterocycles. The summed E-state index contributed by atoms with van der Waals surface area (Å²) in [5, 5.41) is 14.5. The van der Waals surface area contributed by atoms with Gasteiger partial charge in [0.05, 0.1) is 37.8 Å². The number of hydrogen-bond acceptors (Lipinski definition) is 8. The highest BCUT2D eigenvalue weighted by atomic mass is 19.4. The van der Waals surface area contributed by atoms with Gasteiger partial charge in [0.15, 0.2) is 5.82 Å². The predicted molar refractivity (Wildman–Crippen MR) is 172 cm³/mol. The zero-order valence-corrected chi connectivity index (χ0v) is 27.1. The van der Waals surface area contributed by atoms with Crippen LogP contribution in [0.25, 0.3) is 0 Å². The van der Waals surface area contributed by atoms with Gasteiger partial charge in [-0.05, 0) is 57.4 Å². The molecule has 0 spiro atoms. The number of aromatic amines is 1. The van der Waals surface area contributed by atoms with E-state index in [0.29, 0.717) is 30.1 Å². The standard InChI is InChI=1S/C33H37F3N8O4/c1-32(2,3)48-31(46)42-14-16-43(17-15-42)44-13-12-24(19-27(44)33(34,35)36)39-30(45)23-7-5-6-22(18-23)8-9-25-20-28(41-40-25)38-26-10-11-29(47-4)37-21-26/h5-7,10-13,18-21H,8-9,14-17H2,1-4H3,(H2,38,40,41)/p+1. The molecule has 0 radical (unpaired) electrons. The Balaban J connectivity index is 1.19. The van der Waals surface area contributed by atoms with Crippen molar-refractivity contribution < 1.29 is 36.9 Å². The summed E-state index contributed by atoms with van der Waals surface area (Å²) in [4.78, 5) is 31.1. The normalized spacial score (nSPS) is 13.6. The topological polar surface area (TPSA) is 129 Å². The number of methoxy groups -OCH3 is 1. The van der Waals surface area contributed by atoms with Crippen molar-refractivity contribution in [2.24, 2.45) is 0 Å². The first kappa shape index (κ1) is 34.0. The molecule has 0 bridgehead atoms. The van der Waals surface area contributed by atoms with Crippen LogP contribution in [0.1, 0.15) is 48.1 Å². The number of alkyl halides is 3. The van der Waals surface area contributed by atoms with E-state index in [0.717, 1.165) is 27.7 Å². The fourth-order valence-electron chi connectivity index (χ4n) is 5.08. The van der Waals surface area contributed by atoms with Crippen LogP contribution < -0.4 is 25.1 Å². The number of piperazine rings is 1. The first-order chi connectivity index (χ1) is 22.8. The summed E-state index contributed by atoms with van der Waals surface area (Å²) in [7, 11) is 1.55. The van der Waals surface area contributed by atoms with Crippen LogP contribution in [0.2, 0.25) is 0 Å². The van der Waals surface area contributed by atoms with Crippen molar-refractivity contribution in [1.82, 2.24) is 20.1 Å². The molecule has 1 aromatic carbocycles. The van der Waals surface area contributed by atoms with Crippen molar-refractivity contribution in [3.63, 3.8) is 0 Å². The second-order valence-electron chi connectivity index (χ2n) is 12.2. The number of nitrogens with one attached hydrogen (secondary N) is 3. The summed E-state index contributed by atoms with van der Waals surface area (Å²) >= 11 is 0. The third-order valence-corrected chi connectivity index (χ3v) is 7.42. The summed E-state index contributed by atoms with van der Waals surface area (Å²) < 4.78 is 54.0. The summed E-state index contributed by atoms with van der Waals surface area (Å²) in [6.45, 7) is 6.00. The number of nitrogens with zero attached hydrogens (tertiary/aromatic N) is 5. The van der Waals surface area contributed by atoms with Crippen LogP contribution in [0.3, 0.4) is 0 Å². The van der Waals surface area contributed by atoms with Gasteiger partial charge in [-0.15, -0.1) is 0 Å². The van der Waals surface area contributed by atoms with E-state index in [4.69, 9.17) is 9.47 Å². The van der Waals surface area contributed by atoms with Gasteiger partial charge in [-0.3, -0.25) is 9.89 Å². The van der Waals surface area contributed by atoms with Crippen molar-refractivity contribution in [3.8, 4) is 5.88 Å². The molecule has 5 rings (SSSR count). The van der Waals surface area contributed by atoms with E-state index >= 15 is 0 Å². The molecule has 4 heterocycles. The minimum atomic E-state index is -4.70. The Hall–Kier alpha value is -5.34. The van der Waals surface area contributed by atoms with Crippen molar-refractivity contribution in [3.05, 3.63) is 89.5 Å². The Kier molecular flexibility index (Phi) is 10.1. The molecule has 1 aliphatic heterocycles. The van der Waals surface area contributed by atoms with Gasteiger partial charge in [0.25, 0.3) is 5.91 Å². The number of aryl methyl sites for hydroxylation is 2. The molecule has 4 aromatic rings. The summed E-state index contributed by atoms with van der Waals surface area (Å²) in [6, 6.07) is 14.7. The minimum Gasteiger partial charge on any atom is -0.481 e. The second-order valence-corrected chi connectivity index (χ2v) is 12.2. The quantitative estimate of drug-likeness (QED) is 0.211. The molecule has 3 aromatic heterocycles. The van der Waals surface area contributed by atoms with Gasteiger partial charge in [0, 0.05) is 48.6 Å². The van der Waals surface area contributed by atoms with Gasteiger partial charge in [0.2, 0.25) is 12.1 Å². The first-order valence-electron chi connectivity index (χ1n) is 15.3. The summed E-state index contributed by atoms with van der Waals surface area (Å²) in [5.41, 5.74) is 1.20. The molecule has 0 saturated carbocycles. The maximum absolute atomic E-state index is 14.2. The van der Waals surface area contributed by atoms with Gasteiger partial charge >= 0.3 is 18.0 Å². The lowest BCUT2D eigenvalue weighted by Gasteiger charge is -2.33. The number of hydrogen-bond donors (Lipinski definition) is 3. The molecule has 48 heavy (non-hydrogen) atoms. The lowest BCUT2D eigenvalue weighted by atomic mass is 10.0. The van der Waals surface area contributed by atoms with Gasteiger partial charge in [-0.1, -0.05) is 16.8 Å². The predicted octanol–water partition coefficient (Wildman–Crippen LogP) is 5.09. The van der Waals surface area contributed by atoms with Crippen LogP contribution in [0, 0.1) is 0 Å². The number of amides is 2. The SMILES string of the molecule is COc1ccc(Nc2cc(CCc3cccc(C(=O)Nc4cc[n+](N5CCN(C(=O)OC(C)(C)C)CC5)c(C(F)(F)F)c4)c3)[nH]n2)cn1. The van der Waals surface area contributed by atoms with E-state index in [-0.39, 0.29) is 31.9 Å². The molecule has 12 nitrogen and oxygen atoms in total. The van der Waals surface area contributed by atoms with Crippen LogP contribution in [0.5, 0.6) is 5.88 Å². The number of rotatable bonds is 9. The minimum absolute atomic E-state index is 0.00548. The van der Waals surface area contributed by atoms with Gasteiger partial charge in [-0.25, -0.2) is 9.78 Å². The smallest absolute Gasteiger partial charge is 0.480 e. The Bertz CT molecular complexity index is 1730. The van der Waals surface area contributed by atoms with Crippen LogP contribution in [0.4, 0.5) is 35.2 Å². The first-order valence-corrected chi connectivity index (χ1v) is 15.3. The number of anilines is 3. The Labute approximate surface area is 275 Å². The van der Waals surface area contributed by atoms with E-state index in [1.54, 1.807) is 58.3 Å². The van der Waals surface area contributed by atoms with Gasteiger partial charge in [-0.2, -0.15) is 23.3 Å². The monoisotopic (exact) mass is 667 g/mol. The highest BCUT2D eigenvalue weighted by molar-refractivity contribution is 6.04. The second kappa shape index (κ2) is 14.2. The molecule has 1 aliphatic rings. The zero-order chi connectivity index (χ0) is 34.5. The number of aromatic nitrogens is 4. The molecule has 2 amide bonds. The number of H-pyrrole nitrogens is 1. The largest absolute Gasteiger partial charge is 0.481 e. The molecular formula is C33H38F3N8O4+. The molecule has 15 heteroatoms. The lowest BCUT2D eigenvalue weighted by Crippen LogP contribution is -2.67. The lowest BCUT2D eigenvalue weighted by molar-refractivity contribution is -0.712. The number of ether oxygens (including phenoxy) is 2. The molecule has 0 unspecified atom stereocenters. The highest BCUT2D eigenvalue weighted by Crippen LogP contribution is 2.29. The van der Waals surface area contributed by atoms with E-state index in [1.807, 2.05) is 18.2 Å². The van der Waals surface area contributed by atoms with E-state index in [1.165, 1.54) is 22.2 Å². The number of pyridine rings is 2. The number of benzene rings is 1. The molecular weight excluding hydrogens is 629 g/mol. The van der Waals surface area contributed by atoms with Crippen LogP contribution >= 0.6 is 0 Å². The van der Waals surface area contributed by atoms with Gasteiger partial charge < -0.3 is 25.0 Å². The van der Waals surface area contributed by atoms with Crippen molar-refractivity contribution in [2.75, 3.05) is 48.9 Å². The van der Waals surface area contributed by atoms with Crippen LogP contribution in [0.15, 0.2) is 67.0 Å². The Morgan fingerprint density at radius 1 is 0.979 bits per heavy atom. The van der Waals surface area contributed by atoms with Crippen molar-refractivity contribution in [2.45, 2.75) is 45.4 Å². The summed E-state index contributed by atoms with van der Waals surface area (Å²) in [5.74, 6) is 0.594. The zero-order valence-electron chi connectivity index (χ0n) is 27.1. The van der Waals surface area contributed by atoms with Crippen molar-refractivity contribution >= 4 is 29.2 Å². The molecule has 0 aliphatic carbocycles. The highest BCUT2D eigenvalue weighted by Gasteiger charge is 2.44. The average Bonchev–Trinajstić information content (AvgIpc) is 3.50. The fourth-order valence-corrected chi connectivity index (χ4v) is 5.08. The third-order valence-electron chi connectivity index (χ3n) is 7.42. The molecule has 0 atom stereocenters. The molecule has 3 N–H and O–H groups in total. The number of carbonyl (C=O) groups is 2. The van der Waals surface area contributed by atoms with Gasteiger partial charge in [0.1, 0.15) is 5.60 Å². The van der Waals surface area contributed by atoms with E-state index in [9.17, 15) is 22.8 Å². The summed E-state index contributed by atoms with van der Waals surface area (Å²) in [6.07, 6.45) is -1.08. The average molecular weight is 668 g/mol. The Morgan fingerprint density at radius 3 is 2.42 bits per heavy atom. The Morgan fingerprint density at radius 2 is 1.75 bits per heavy atom. The van der Waals surface area contributed by atoms with E-state index in [2.05, 4.69) is 25.8 Å². The van der Waals surface area contributed by atoms with E-state index < -0.39 is 29.5 Å². The molecule has 254 valence electrons. The maximum atomic E-state index is 14.2. The fraction of sp³-hybridized carbons (Fsp3) is 0.364. The number of halogens is 3. The maximum Gasteiger partial charge on any atom is 0.480 e. The molecule has 1 fully saturated rings. The third kappa shape index (κ3) is 8.92. The van der Waals surface area contributed by atoms with Crippen LogP contribution in [-0.4, -0.2) is 71.0 Å². The van der Waals surface area contributed by atoms with Crippen LogP contribution in [-0.2, 0) is 23.8 Å².